The van der Waals surface area contributed by atoms with E-state index in [1.807, 2.05) is 55.5 Å². The molecule has 8 heteroatoms. The maximum absolute atomic E-state index is 12.5. The van der Waals surface area contributed by atoms with Crippen LogP contribution in [0.5, 0.6) is 5.75 Å². The summed E-state index contributed by atoms with van der Waals surface area (Å²) in [5, 5.41) is 2.91. The number of fused-ring (bicyclic) bond motifs is 1. The number of hydrogen-bond donors (Lipinski definition) is 1. The van der Waals surface area contributed by atoms with Crippen molar-refractivity contribution in [2.45, 2.75) is 30.9 Å². The zero-order valence-electron chi connectivity index (χ0n) is 17.8. The van der Waals surface area contributed by atoms with Crippen molar-refractivity contribution in [2.75, 3.05) is 11.9 Å². The second-order valence-electron chi connectivity index (χ2n) is 7.17. The van der Waals surface area contributed by atoms with E-state index in [-0.39, 0.29) is 18.1 Å². The van der Waals surface area contributed by atoms with Gasteiger partial charge in [-0.25, -0.2) is 4.98 Å². The Kier molecular flexibility index (Phi) is 6.61. The van der Waals surface area contributed by atoms with Gasteiger partial charge in [-0.1, -0.05) is 37.3 Å². The highest BCUT2D eigenvalue weighted by Crippen LogP contribution is 2.29. The summed E-state index contributed by atoms with van der Waals surface area (Å²) in [4.78, 5) is 30.1. The molecular weight excluding hydrogens is 426 g/mol. The fraction of sp³-hybridized carbons (Fsp3) is 0.208. The predicted molar refractivity (Wildman–Crippen MR) is 124 cm³/mol. The Morgan fingerprint density at radius 3 is 2.78 bits per heavy atom. The lowest BCUT2D eigenvalue weighted by Gasteiger charge is -2.12. The maximum Gasteiger partial charge on any atom is 0.287 e. The Morgan fingerprint density at radius 1 is 1.16 bits per heavy atom. The largest absolute Gasteiger partial charge is 0.483 e. The molecule has 2 aromatic heterocycles. The minimum atomic E-state index is -0.259. The number of nitrogens with one attached hydrogen (secondary N) is 1. The monoisotopic (exact) mass is 449 g/mol. The molecule has 0 spiro atoms. The van der Waals surface area contributed by atoms with Crippen molar-refractivity contribution in [3.05, 3.63) is 88.0 Å². The van der Waals surface area contributed by atoms with Gasteiger partial charge in [0.25, 0.3) is 11.5 Å². The van der Waals surface area contributed by atoms with Crippen molar-refractivity contribution < 1.29 is 14.1 Å². The van der Waals surface area contributed by atoms with E-state index in [2.05, 4.69) is 10.3 Å². The summed E-state index contributed by atoms with van der Waals surface area (Å²) in [5.41, 5.74) is 2.61. The molecule has 0 saturated carbocycles. The summed E-state index contributed by atoms with van der Waals surface area (Å²) in [6.45, 7) is 3.74. The number of nitrogens with zero attached hydrogens (tertiary/aromatic N) is 2. The number of aryl methyl sites for hydroxylation is 2. The van der Waals surface area contributed by atoms with Crippen LogP contribution >= 0.6 is 11.8 Å². The Bertz CT molecular complexity index is 1310. The normalized spacial score (nSPS) is 10.9. The number of benzene rings is 2. The van der Waals surface area contributed by atoms with Gasteiger partial charge in [-0.3, -0.25) is 9.59 Å². The van der Waals surface area contributed by atoms with Crippen LogP contribution < -0.4 is 15.6 Å². The quantitative estimate of drug-likeness (QED) is 0.400. The summed E-state index contributed by atoms with van der Waals surface area (Å²) < 4.78 is 12.2. The average molecular weight is 450 g/mol. The molecule has 32 heavy (non-hydrogen) atoms. The van der Waals surface area contributed by atoms with E-state index in [1.54, 1.807) is 13.0 Å². The number of anilines is 1. The first kappa shape index (κ1) is 21.7. The highest BCUT2D eigenvalue weighted by molar-refractivity contribution is 7.98. The molecule has 0 aliphatic heterocycles. The Labute approximate surface area is 189 Å². The topological polar surface area (TPSA) is 85.8 Å². The van der Waals surface area contributed by atoms with Crippen LogP contribution in [-0.2, 0) is 17.0 Å². The van der Waals surface area contributed by atoms with Crippen LogP contribution in [0.15, 0.2) is 74.9 Å². The third kappa shape index (κ3) is 5.03. The predicted octanol–water partition coefficient (Wildman–Crippen LogP) is 4.47. The number of aromatic nitrogens is 2. The molecule has 0 aliphatic carbocycles. The minimum absolute atomic E-state index is 0.0785. The van der Waals surface area contributed by atoms with Gasteiger partial charge in [0.15, 0.2) is 12.3 Å². The lowest BCUT2D eigenvalue weighted by atomic mass is 10.1. The maximum atomic E-state index is 12.5. The molecule has 0 bridgehead atoms. The lowest BCUT2D eigenvalue weighted by Crippen LogP contribution is -2.20. The van der Waals surface area contributed by atoms with E-state index in [4.69, 9.17) is 9.26 Å². The Balaban J connectivity index is 1.41. The number of para-hydroxylation sites is 2. The standard InChI is InChI=1S/C24H23N3O4S/c1-3-17-8-4-6-10-20(17)30-14-23(28)26-19-9-5-7-11-21(19)32-15-18-13-24(29)27-22(25-18)12-16(2)31-27/h4-13H,3,14-15H2,1-2H3,(H,26,28). The molecule has 1 N–H and O–H groups in total. The smallest absolute Gasteiger partial charge is 0.287 e. The molecule has 4 rings (SSSR count). The van der Waals surface area contributed by atoms with E-state index >= 15 is 0 Å². The van der Waals surface area contributed by atoms with Crippen LogP contribution in [0.25, 0.3) is 5.65 Å². The second kappa shape index (κ2) is 9.74. The number of ether oxygens (including phenoxy) is 1. The van der Waals surface area contributed by atoms with Crippen LogP contribution in [0.4, 0.5) is 5.69 Å². The van der Waals surface area contributed by atoms with Crippen LogP contribution in [0.3, 0.4) is 0 Å². The molecule has 2 aromatic carbocycles. The summed E-state index contributed by atoms with van der Waals surface area (Å²) >= 11 is 1.49. The van der Waals surface area contributed by atoms with E-state index in [0.717, 1.165) is 22.6 Å². The van der Waals surface area contributed by atoms with E-state index in [0.29, 0.717) is 28.5 Å². The molecule has 0 radical (unpaired) electrons. The first-order chi connectivity index (χ1) is 15.5. The van der Waals surface area contributed by atoms with Gasteiger partial charge in [-0.15, -0.1) is 16.3 Å². The Hall–Kier alpha value is -3.52. The van der Waals surface area contributed by atoms with E-state index < -0.39 is 0 Å². The molecule has 0 fully saturated rings. The highest BCUT2D eigenvalue weighted by Gasteiger charge is 2.11. The van der Waals surface area contributed by atoms with Crippen molar-refractivity contribution in [2.24, 2.45) is 0 Å². The number of carbonyl (C=O) groups is 1. The number of amides is 1. The number of carbonyl (C=O) groups excluding carboxylic acids is 1. The molecule has 1 amide bonds. The first-order valence-electron chi connectivity index (χ1n) is 10.3. The van der Waals surface area contributed by atoms with Gasteiger partial charge < -0.3 is 14.6 Å². The van der Waals surface area contributed by atoms with E-state index in [9.17, 15) is 9.59 Å². The second-order valence-corrected chi connectivity index (χ2v) is 8.18. The molecule has 0 unspecified atom stereocenters. The molecule has 2 heterocycles. The summed E-state index contributed by atoms with van der Waals surface area (Å²) in [7, 11) is 0. The van der Waals surface area contributed by atoms with Gasteiger partial charge >= 0.3 is 0 Å². The highest BCUT2D eigenvalue weighted by atomic mass is 32.2. The van der Waals surface area contributed by atoms with Crippen molar-refractivity contribution in [3.63, 3.8) is 0 Å². The van der Waals surface area contributed by atoms with Crippen molar-refractivity contribution in [1.82, 2.24) is 9.56 Å². The molecule has 0 saturated heterocycles. The number of thioether (sulfide) groups is 1. The van der Waals surface area contributed by atoms with Crippen molar-refractivity contribution >= 4 is 29.0 Å². The molecule has 0 atom stereocenters. The fourth-order valence-electron chi connectivity index (χ4n) is 3.26. The van der Waals surface area contributed by atoms with Crippen molar-refractivity contribution in [3.8, 4) is 5.75 Å². The number of rotatable bonds is 8. The molecule has 4 aromatic rings. The first-order valence-corrected chi connectivity index (χ1v) is 11.2. The third-order valence-electron chi connectivity index (χ3n) is 4.77. The van der Waals surface area contributed by atoms with Crippen LogP contribution in [0.1, 0.15) is 23.9 Å². The van der Waals surface area contributed by atoms with Gasteiger partial charge in [0.05, 0.1) is 11.4 Å². The zero-order valence-corrected chi connectivity index (χ0v) is 18.6. The fourth-order valence-corrected chi connectivity index (χ4v) is 4.16. The number of hydrogen-bond acceptors (Lipinski definition) is 6. The molecule has 164 valence electrons. The van der Waals surface area contributed by atoms with Gasteiger partial charge in [0.1, 0.15) is 11.5 Å². The molecular formula is C24H23N3O4S. The minimum Gasteiger partial charge on any atom is -0.483 e. The molecule has 0 aliphatic rings. The SMILES string of the molecule is CCc1ccccc1OCC(=O)Nc1ccccc1SCc1cc(=O)n2oc(C)cc2n1. The summed E-state index contributed by atoms with van der Waals surface area (Å²) in [6, 6.07) is 18.4. The van der Waals surface area contributed by atoms with Crippen LogP contribution in [0, 0.1) is 6.92 Å². The lowest BCUT2D eigenvalue weighted by molar-refractivity contribution is -0.118. The average Bonchev–Trinajstić information content (AvgIpc) is 3.18. The summed E-state index contributed by atoms with van der Waals surface area (Å²) in [6.07, 6.45) is 0.832. The third-order valence-corrected chi connectivity index (χ3v) is 5.88. The van der Waals surface area contributed by atoms with Gasteiger partial charge in [-0.05, 0) is 37.1 Å². The Morgan fingerprint density at radius 2 is 1.94 bits per heavy atom. The van der Waals surface area contributed by atoms with Gasteiger partial charge in [-0.2, -0.15) is 0 Å². The van der Waals surface area contributed by atoms with Crippen LogP contribution in [0.2, 0.25) is 0 Å². The van der Waals surface area contributed by atoms with Gasteiger partial charge in [0.2, 0.25) is 0 Å². The van der Waals surface area contributed by atoms with Crippen molar-refractivity contribution in [1.29, 1.82) is 0 Å². The zero-order chi connectivity index (χ0) is 22.5. The van der Waals surface area contributed by atoms with Crippen LogP contribution in [-0.4, -0.2) is 22.1 Å². The summed E-state index contributed by atoms with van der Waals surface area (Å²) in [5.74, 6) is 1.57. The van der Waals surface area contributed by atoms with Gasteiger partial charge in [0, 0.05) is 22.8 Å². The molecule has 7 nitrogen and oxygen atoms in total. The van der Waals surface area contributed by atoms with E-state index in [1.165, 1.54) is 22.4 Å².